The molecule has 0 saturated carbocycles. The molecule has 2 amide bonds. The van der Waals surface area contributed by atoms with Crippen LogP contribution in [0.1, 0.15) is 6.92 Å². The van der Waals surface area contributed by atoms with Gasteiger partial charge in [0, 0.05) is 25.7 Å². The molecule has 0 aliphatic rings. The second kappa shape index (κ2) is 4.99. The van der Waals surface area contributed by atoms with Crippen LogP contribution in [0, 0.1) is 0 Å². The molecular weight excluding hydrogens is 196 g/mol. The first-order valence-electron chi connectivity index (χ1n) is 4.39. The maximum atomic E-state index is 10.9. The number of carbonyl (C=O) groups is 2. The van der Waals surface area contributed by atoms with Crippen molar-refractivity contribution < 1.29 is 14.3 Å². The minimum absolute atomic E-state index is 0.174. The minimum atomic E-state index is -0.546. The lowest BCUT2D eigenvalue weighted by atomic mass is 10.3. The van der Waals surface area contributed by atoms with E-state index >= 15 is 0 Å². The van der Waals surface area contributed by atoms with E-state index in [2.05, 4.69) is 10.6 Å². The van der Waals surface area contributed by atoms with E-state index in [0.717, 1.165) is 0 Å². The van der Waals surface area contributed by atoms with Gasteiger partial charge in [-0.1, -0.05) is 6.07 Å². The molecule has 2 N–H and O–H groups in total. The molecule has 0 spiro atoms. The fraction of sp³-hybridized carbons (Fsp3) is 0.200. The molecule has 5 nitrogen and oxygen atoms in total. The van der Waals surface area contributed by atoms with Crippen LogP contribution in [0.5, 0.6) is 5.75 Å². The zero-order chi connectivity index (χ0) is 11.3. The molecule has 0 aliphatic carbocycles. The Morgan fingerprint density at radius 3 is 2.67 bits per heavy atom. The summed E-state index contributed by atoms with van der Waals surface area (Å²) in [6.45, 7) is 1.41. The third-order valence-corrected chi connectivity index (χ3v) is 1.57. The molecule has 0 aromatic heterocycles. The molecule has 80 valence electrons. The molecule has 0 atom stereocenters. The highest BCUT2D eigenvalue weighted by Crippen LogP contribution is 2.17. The Bertz CT molecular complexity index is 377. The van der Waals surface area contributed by atoms with Crippen LogP contribution >= 0.6 is 0 Å². The summed E-state index contributed by atoms with van der Waals surface area (Å²) in [6, 6.07) is 6.58. The van der Waals surface area contributed by atoms with Crippen molar-refractivity contribution in [2.45, 2.75) is 6.92 Å². The van der Waals surface area contributed by atoms with Gasteiger partial charge < -0.3 is 15.4 Å². The lowest BCUT2D eigenvalue weighted by Crippen LogP contribution is -2.22. The summed E-state index contributed by atoms with van der Waals surface area (Å²) in [4.78, 5) is 21.7. The first kappa shape index (κ1) is 11.0. The molecule has 0 fully saturated rings. The van der Waals surface area contributed by atoms with Gasteiger partial charge in [0.15, 0.2) is 0 Å². The van der Waals surface area contributed by atoms with E-state index in [1.807, 2.05) is 0 Å². The highest BCUT2D eigenvalue weighted by Gasteiger charge is 2.02. The van der Waals surface area contributed by atoms with Crippen molar-refractivity contribution in [2.24, 2.45) is 0 Å². The quantitative estimate of drug-likeness (QED) is 0.771. The zero-order valence-corrected chi connectivity index (χ0v) is 8.53. The summed E-state index contributed by atoms with van der Waals surface area (Å²) >= 11 is 0. The Kier molecular flexibility index (Phi) is 3.68. The molecule has 0 heterocycles. The fourth-order valence-corrected chi connectivity index (χ4v) is 0.999. The smallest absolute Gasteiger partial charge is 0.410 e. The fourth-order valence-electron chi connectivity index (χ4n) is 0.999. The lowest BCUT2D eigenvalue weighted by Gasteiger charge is -2.05. The Morgan fingerprint density at radius 1 is 1.33 bits per heavy atom. The second-order valence-corrected chi connectivity index (χ2v) is 2.85. The van der Waals surface area contributed by atoms with Gasteiger partial charge >= 0.3 is 6.09 Å². The molecule has 1 rings (SSSR count). The molecule has 5 heteroatoms. The lowest BCUT2D eigenvalue weighted by molar-refractivity contribution is -0.114. The molecule has 0 saturated heterocycles. The van der Waals surface area contributed by atoms with Crippen LogP contribution in [0.2, 0.25) is 0 Å². The van der Waals surface area contributed by atoms with E-state index < -0.39 is 6.09 Å². The van der Waals surface area contributed by atoms with Crippen LogP contribution in [0.3, 0.4) is 0 Å². The van der Waals surface area contributed by atoms with Crippen molar-refractivity contribution in [3.8, 4) is 5.75 Å². The molecule has 0 aliphatic heterocycles. The highest BCUT2D eigenvalue weighted by atomic mass is 16.5. The summed E-state index contributed by atoms with van der Waals surface area (Å²) in [7, 11) is 1.47. The van der Waals surface area contributed by atoms with Gasteiger partial charge in [0.05, 0.1) is 0 Å². The first-order valence-corrected chi connectivity index (χ1v) is 4.39. The molecule has 1 aromatic carbocycles. The molecular formula is C10H12N2O3. The van der Waals surface area contributed by atoms with Gasteiger partial charge in [-0.25, -0.2) is 4.79 Å². The topological polar surface area (TPSA) is 67.4 Å². The zero-order valence-electron chi connectivity index (χ0n) is 8.53. The molecule has 0 bridgehead atoms. The molecule has 0 unspecified atom stereocenters. The van der Waals surface area contributed by atoms with E-state index in [1.165, 1.54) is 14.0 Å². The van der Waals surface area contributed by atoms with Crippen LogP contribution in [-0.2, 0) is 4.79 Å². The monoisotopic (exact) mass is 208 g/mol. The number of ether oxygens (including phenoxy) is 1. The summed E-state index contributed by atoms with van der Waals surface area (Å²) < 4.78 is 4.88. The van der Waals surface area contributed by atoms with Gasteiger partial charge in [-0.2, -0.15) is 0 Å². The van der Waals surface area contributed by atoms with E-state index in [1.54, 1.807) is 24.3 Å². The SMILES string of the molecule is CNC(=O)Oc1cccc(NC(C)=O)c1. The van der Waals surface area contributed by atoms with Crippen molar-refractivity contribution in [2.75, 3.05) is 12.4 Å². The van der Waals surface area contributed by atoms with E-state index in [-0.39, 0.29) is 5.91 Å². The number of nitrogens with one attached hydrogen (secondary N) is 2. The molecule has 0 radical (unpaired) electrons. The molecule has 1 aromatic rings. The maximum absolute atomic E-state index is 10.9. The van der Waals surface area contributed by atoms with Crippen LogP contribution < -0.4 is 15.4 Å². The Balaban J connectivity index is 2.74. The van der Waals surface area contributed by atoms with Gasteiger partial charge in [0.25, 0.3) is 0 Å². The number of benzene rings is 1. The average molecular weight is 208 g/mol. The molecule has 15 heavy (non-hydrogen) atoms. The third-order valence-electron chi connectivity index (χ3n) is 1.57. The van der Waals surface area contributed by atoms with Crippen LogP contribution in [-0.4, -0.2) is 19.0 Å². The standard InChI is InChI=1S/C10H12N2O3/c1-7(13)12-8-4-3-5-9(6-8)15-10(14)11-2/h3-6H,1-2H3,(H,11,14)(H,12,13). The summed E-state index contributed by atoms with van der Waals surface area (Å²) in [5.41, 5.74) is 0.587. The number of anilines is 1. The van der Waals surface area contributed by atoms with Gasteiger partial charge in [-0.05, 0) is 12.1 Å². The maximum Gasteiger partial charge on any atom is 0.412 e. The number of amides is 2. The number of hydrogen-bond acceptors (Lipinski definition) is 3. The van der Waals surface area contributed by atoms with Crippen LogP contribution in [0.25, 0.3) is 0 Å². The van der Waals surface area contributed by atoms with Gasteiger partial charge in [-0.3, -0.25) is 4.79 Å². The van der Waals surface area contributed by atoms with Gasteiger partial charge in [-0.15, -0.1) is 0 Å². The Morgan fingerprint density at radius 2 is 2.07 bits per heavy atom. The number of hydrogen-bond donors (Lipinski definition) is 2. The summed E-state index contributed by atoms with van der Waals surface area (Å²) in [5, 5.41) is 4.91. The van der Waals surface area contributed by atoms with Crippen LogP contribution in [0.15, 0.2) is 24.3 Å². The largest absolute Gasteiger partial charge is 0.412 e. The number of rotatable bonds is 2. The van der Waals surface area contributed by atoms with E-state index in [0.29, 0.717) is 11.4 Å². The van der Waals surface area contributed by atoms with Crippen LogP contribution in [0.4, 0.5) is 10.5 Å². The number of carbonyl (C=O) groups excluding carboxylic acids is 2. The van der Waals surface area contributed by atoms with Gasteiger partial charge in [0.1, 0.15) is 5.75 Å². The second-order valence-electron chi connectivity index (χ2n) is 2.85. The first-order chi connectivity index (χ1) is 7.11. The Hall–Kier alpha value is -2.04. The van der Waals surface area contributed by atoms with Crippen molar-refractivity contribution in [1.29, 1.82) is 0 Å². The van der Waals surface area contributed by atoms with Crippen molar-refractivity contribution in [1.82, 2.24) is 5.32 Å². The minimum Gasteiger partial charge on any atom is -0.410 e. The van der Waals surface area contributed by atoms with Crippen molar-refractivity contribution in [3.05, 3.63) is 24.3 Å². The van der Waals surface area contributed by atoms with E-state index in [4.69, 9.17) is 4.74 Å². The predicted molar refractivity (Wildman–Crippen MR) is 55.8 cm³/mol. The van der Waals surface area contributed by atoms with Gasteiger partial charge in [0.2, 0.25) is 5.91 Å². The highest BCUT2D eigenvalue weighted by molar-refractivity contribution is 5.88. The normalized spacial score (nSPS) is 9.20. The predicted octanol–water partition coefficient (Wildman–Crippen LogP) is 1.36. The Labute approximate surface area is 87.4 Å². The summed E-state index contributed by atoms with van der Waals surface area (Å²) in [6.07, 6.45) is -0.546. The van der Waals surface area contributed by atoms with Crippen molar-refractivity contribution in [3.63, 3.8) is 0 Å². The summed E-state index contributed by atoms with van der Waals surface area (Å²) in [5.74, 6) is 0.202. The average Bonchev–Trinajstić information content (AvgIpc) is 2.17. The van der Waals surface area contributed by atoms with Crippen molar-refractivity contribution >= 4 is 17.7 Å². The third kappa shape index (κ3) is 3.68. The van der Waals surface area contributed by atoms with E-state index in [9.17, 15) is 9.59 Å².